The average molecular weight is 455 g/mol. The Balaban J connectivity index is 1.32. The van der Waals surface area contributed by atoms with Gasteiger partial charge >= 0.3 is 0 Å². The van der Waals surface area contributed by atoms with Crippen molar-refractivity contribution in [2.24, 2.45) is 5.92 Å². The number of hydrogen-bond donors (Lipinski definition) is 0. The van der Waals surface area contributed by atoms with E-state index in [1.165, 1.54) is 17.5 Å². The van der Waals surface area contributed by atoms with E-state index in [2.05, 4.69) is 35.0 Å². The van der Waals surface area contributed by atoms with E-state index >= 15 is 0 Å². The average Bonchev–Trinajstić information content (AvgIpc) is 3.34. The molecule has 3 atom stereocenters. The van der Waals surface area contributed by atoms with Gasteiger partial charge in [-0.15, -0.1) is 0 Å². The molecule has 3 fully saturated rings. The molecule has 0 aliphatic carbocycles. The summed E-state index contributed by atoms with van der Waals surface area (Å²) in [5, 5.41) is 0. The molecule has 6 nitrogen and oxygen atoms in total. The van der Waals surface area contributed by atoms with Crippen LogP contribution in [0.5, 0.6) is 0 Å². The summed E-state index contributed by atoms with van der Waals surface area (Å²) in [6, 6.07) is 8.37. The minimum atomic E-state index is -0.668. The van der Waals surface area contributed by atoms with Crippen molar-refractivity contribution in [2.75, 3.05) is 32.8 Å². The van der Waals surface area contributed by atoms with Crippen LogP contribution in [0.2, 0.25) is 0 Å². The van der Waals surface area contributed by atoms with Gasteiger partial charge in [-0.05, 0) is 56.1 Å². The van der Waals surface area contributed by atoms with E-state index in [0.717, 1.165) is 45.6 Å². The summed E-state index contributed by atoms with van der Waals surface area (Å²) >= 11 is 0. The van der Waals surface area contributed by atoms with Gasteiger partial charge in [0.05, 0.1) is 24.7 Å². The summed E-state index contributed by atoms with van der Waals surface area (Å²) in [4.78, 5) is 22.1. The van der Waals surface area contributed by atoms with Crippen LogP contribution in [0.3, 0.4) is 0 Å². The van der Waals surface area contributed by atoms with Crippen molar-refractivity contribution in [2.45, 2.75) is 63.9 Å². The van der Waals surface area contributed by atoms with E-state index in [-0.39, 0.29) is 18.1 Å². The van der Waals surface area contributed by atoms with Gasteiger partial charge in [0.25, 0.3) is 5.91 Å². The zero-order chi connectivity index (χ0) is 22.8. The van der Waals surface area contributed by atoms with E-state index in [1.54, 1.807) is 12.5 Å². The molecule has 0 N–H and O–H groups in total. The molecule has 1 unspecified atom stereocenters. The van der Waals surface area contributed by atoms with Gasteiger partial charge in [0.1, 0.15) is 11.9 Å². The highest BCUT2D eigenvalue weighted by molar-refractivity contribution is 5.92. The van der Waals surface area contributed by atoms with Gasteiger partial charge in [-0.2, -0.15) is 0 Å². The summed E-state index contributed by atoms with van der Waals surface area (Å²) in [5.74, 6) is 0.621. The van der Waals surface area contributed by atoms with Crippen molar-refractivity contribution in [1.29, 1.82) is 0 Å². The maximum absolute atomic E-state index is 13.6. The molecule has 1 aromatic carbocycles. The Morgan fingerprint density at radius 1 is 1.18 bits per heavy atom. The molecule has 7 heteroatoms. The molecule has 178 valence electrons. The third-order valence-electron chi connectivity index (χ3n) is 7.75. The maximum atomic E-state index is 13.6. The molecule has 0 spiro atoms. The lowest BCUT2D eigenvalue weighted by Gasteiger charge is -2.41. The lowest BCUT2D eigenvalue weighted by atomic mass is 9.87. The normalized spacial score (nSPS) is 25.6. The van der Waals surface area contributed by atoms with Gasteiger partial charge < -0.3 is 14.2 Å². The summed E-state index contributed by atoms with van der Waals surface area (Å²) < 4.78 is 21.6. The van der Waals surface area contributed by atoms with E-state index in [4.69, 9.17) is 4.74 Å². The number of ether oxygens (including phenoxy) is 1. The number of alkyl halides is 1. The molecule has 0 bridgehead atoms. The highest BCUT2D eigenvalue weighted by atomic mass is 19.1. The Kier molecular flexibility index (Phi) is 6.79. The molecule has 33 heavy (non-hydrogen) atoms. The topological polar surface area (TPSA) is 50.6 Å². The highest BCUT2D eigenvalue weighted by Crippen LogP contribution is 2.30. The zero-order valence-corrected chi connectivity index (χ0v) is 19.5. The van der Waals surface area contributed by atoms with E-state index in [9.17, 15) is 9.18 Å². The van der Waals surface area contributed by atoms with Crippen molar-refractivity contribution >= 4 is 5.91 Å². The second-order valence-corrected chi connectivity index (χ2v) is 9.86. The van der Waals surface area contributed by atoms with Gasteiger partial charge in [0, 0.05) is 39.3 Å². The Bertz CT molecular complexity index is 955. The number of hydrogen-bond acceptors (Lipinski definition) is 4. The van der Waals surface area contributed by atoms with E-state index in [0.29, 0.717) is 31.0 Å². The molecule has 0 radical (unpaired) electrons. The number of likely N-dealkylation sites (tertiary alicyclic amines) is 2. The van der Waals surface area contributed by atoms with Gasteiger partial charge in [-0.3, -0.25) is 9.69 Å². The Morgan fingerprint density at radius 2 is 2.00 bits per heavy atom. The van der Waals surface area contributed by atoms with Crippen molar-refractivity contribution in [3.63, 3.8) is 0 Å². The van der Waals surface area contributed by atoms with Crippen LogP contribution in [-0.2, 0) is 11.3 Å². The predicted octanol–water partition coefficient (Wildman–Crippen LogP) is 4.07. The van der Waals surface area contributed by atoms with Crippen LogP contribution in [-0.4, -0.2) is 70.3 Å². The molecular formula is C26H35FN4O2. The first-order valence-electron chi connectivity index (χ1n) is 12.5. The Labute approximate surface area is 195 Å². The van der Waals surface area contributed by atoms with Gasteiger partial charge in [-0.25, -0.2) is 9.37 Å². The van der Waals surface area contributed by atoms with Crippen LogP contribution >= 0.6 is 0 Å². The number of halogens is 1. The first kappa shape index (κ1) is 22.5. The largest absolute Gasteiger partial charge is 0.376 e. The van der Waals surface area contributed by atoms with Crippen LogP contribution in [0.25, 0.3) is 0 Å². The quantitative estimate of drug-likeness (QED) is 0.684. The fourth-order valence-corrected chi connectivity index (χ4v) is 5.73. The number of carbonyl (C=O) groups is 1. The van der Waals surface area contributed by atoms with Crippen molar-refractivity contribution in [3.8, 4) is 0 Å². The molecule has 2 aromatic rings. The van der Waals surface area contributed by atoms with Gasteiger partial charge in [0.15, 0.2) is 0 Å². The summed E-state index contributed by atoms with van der Waals surface area (Å²) in [6.45, 7) is 6.77. The first-order valence-corrected chi connectivity index (χ1v) is 12.5. The Hall–Kier alpha value is -2.25. The molecule has 4 heterocycles. The minimum Gasteiger partial charge on any atom is -0.376 e. The van der Waals surface area contributed by atoms with Crippen molar-refractivity contribution in [1.82, 2.24) is 19.4 Å². The molecule has 1 aromatic heterocycles. The molecule has 3 aliphatic heterocycles. The van der Waals surface area contributed by atoms with Crippen LogP contribution in [0.4, 0.5) is 4.39 Å². The number of imidazole rings is 1. The number of piperidine rings is 2. The third-order valence-corrected chi connectivity index (χ3v) is 7.75. The minimum absolute atomic E-state index is 0.0233. The monoisotopic (exact) mass is 454 g/mol. The molecule has 3 saturated heterocycles. The molecule has 0 saturated carbocycles. The van der Waals surface area contributed by atoms with Gasteiger partial charge in [-0.1, -0.05) is 24.3 Å². The number of nitrogens with zero attached hydrogens (tertiary/aromatic N) is 4. The summed E-state index contributed by atoms with van der Waals surface area (Å²) in [5.41, 5.74) is 3.04. The van der Waals surface area contributed by atoms with Crippen LogP contribution in [0, 0.1) is 5.92 Å². The number of amides is 1. The maximum Gasteiger partial charge on any atom is 0.272 e. The highest BCUT2D eigenvalue weighted by Gasteiger charge is 2.35. The first-order chi connectivity index (χ1) is 16.1. The SMILES string of the molecule is C[C@@H](c1ccccc1CN1CCC(F)CC1)n1cncc1C(=O)N1CCC2CCCO[C@@H]2C1. The van der Waals surface area contributed by atoms with E-state index < -0.39 is 6.17 Å². The Morgan fingerprint density at radius 3 is 2.85 bits per heavy atom. The summed E-state index contributed by atoms with van der Waals surface area (Å²) in [6.07, 6.45) is 7.54. The summed E-state index contributed by atoms with van der Waals surface area (Å²) in [7, 11) is 0. The fraction of sp³-hybridized carbons (Fsp3) is 0.615. The number of fused-ring (bicyclic) bond motifs is 1. The van der Waals surface area contributed by atoms with Crippen molar-refractivity contribution < 1.29 is 13.9 Å². The predicted molar refractivity (Wildman–Crippen MR) is 125 cm³/mol. The lowest BCUT2D eigenvalue weighted by molar-refractivity contribution is -0.0629. The third kappa shape index (κ3) is 4.85. The van der Waals surface area contributed by atoms with Crippen LogP contribution < -0.4 is 0 Å². The number of aromatic nitrogens is 2. The van der Waals surface area contributed by atoms with Crippen LogP contribution in [0.1, 0.15) is 66.7 Å². The molecular weight excluding hydrogens is 419 g/mol. The van der Waals surface area contributed by atoms with Crippen molar-refractivity contribution in [3.05, 3.63) is 53.6 Å². The number of benzene rings is 1. The smallest absolute Gasteiger partial charge is 0.272 e. The molecule has 1 amide bonds. The van der Waals surface area contributed by atoms with Crippen LogP contribution in [0.15, 0.2) is 36.8 Å². The number of rotatable bonds is 5. The second kappa shape index (κ2) is 9.94. The van der Waals surface area contributed by atoms with Gasteiger partial charge in [0.2, 0.25) is 0 Å². The standard InChI is InChI=1S/C26H35FN4O2/c1-19(23-7-3-2-5-21(23)16-29-11-9-22(27)10-12-29)31-18-28-15-24(31)26(32)30-13-8-20-6-4-14-33-25(20)17-30/h2-3,5,7,15,18-20,22,25H,4,6,8-14,16-17H2,1H3/t19-,20?,25+/m0/s1. The fourth-order valence-electron chi connectivity index (χ4n) is 5.73. The number of carbonyl (C=O) groups excluding carboxylic acids is 1. The second-order valence-electron chi connectivity index (χ2n) is 9.86. The zero-order valence-electron chi connectivity index (χ0n) is 19.5. The molecule has 3 aliphatic rings. The lowest BCUT2D eigenvalue weighted by Crippen LogP contribution is -2.49. The van der Waals surface area contributed by atoms with E-state index in [1.807, 2.05) is 15.5 Å². The molecule has 5 rings (SSSR count).